The quantitative estimate of drug-likeness (QED) is 0.632. The zero-order chi connectivity index (χ0) is 21.5. The Kier molecular flexibility index (Phi) is 5.28. The van der Waals surface area contributed by atoms with E-state index in [4.69, 9.17) is 4.74 Å². The number of rotatable bonds is 3. The number of amides is 1. The van der Waals surface area contributed by atoms with Crippen molar-refractivity contribution in [3.63, 3.8) is 0 Å². The van der Waals surface area contributed by atoms with Crippen molar-refractivity contribution in [2.24, 2.45) is 0 Å². The van der Waals surface area contributed by atoms with Crippen molar-refractivity contribution in [1.82, 2.24) is 0 Å². The van der Waals surface area contributed by atoms with Crippen molar-refractivity contribution >= 4 is 11.6 Å². The molecule has 1 heterocycles. The SMILES string of the molecule is Cc1ccc(NC(=O)C(C)c2cc(C(F)(F)F)cc3c2C2(CCCCC2)CO3)cc1. The van der Waals surface area contributed by atoms with Gasteiger partial charge in [-0.1, -0.05) is 37.0 Å². The van der Waals surface area contributed by atoms with Gasteiger partial charge in [0.25, 0.3) is 0 Å². The molecule has 160 valence electrons. The molecule has 1 amide bonds. The number of hydrogen-bond acceptors (Lipinski definition) is 2. The Bertz CT molecular complexity index is 944. The van der Waals surface area contributed by atoms with Crippen LogP contribution in [-0.4, -0.2) is 12.5 Å². The number of alkyl halides is 3. The molecule has 1 atom stereocenters. The lowest BCUT2D eigenvalue weighted by molar-refractivity contribution is -0.137. The van der Waals surface area contributed by atoms with Crippen LogP contribution >= 0.6 is 0 Å². The number of nitrogens with one attached hydrogen (secondary N) is 1. The Balaban J connectivity index is 1.74. The lowest BCUT2D eigenvalue weighted by atomic mass is 9.68. The van der Waals surface area contributed by atoms with Gasteiger partial charge in [0.05, 0.1) is 18.1 Å². The van der Waals surface area contributed by atoms with E-state index in [-0.39, 0.29) is 17.1 Å². The Morgan fingerprint density at radius 3 is 2.40 bits per heavy atom. The first-order valence-corrected chi connectivity index (χ1v) is 10.5. The first-order chi connectivity index (χ1) is 14.2. The van der Waals surface area contributed by atoms with E-state index in [0.29, 0.717) is 17.9 Å². The Morgan fingerprint density at radius 1 is 1.10 bits per heavy atom. The van der Waals surface area contributed by atoms with Crippen LogP contribution in [0.4, 0.5) is 18.9 Å². The molecule has 1 aliphatic heterocycles. The maximum absolute atomic E-state index is 13.6. The molecule has 0 aromatic heterocycles. The number of aryl methyl sites for hydroxylation is 1. The van der Waals surface area contributed by atoms with Gasteiger partial charge in [-0.25, -0.2) is 0 Å². The molecule has 1 aliphatic carbocycles. The smallest absolute Gasteiger partial charge is 0.416 e. The van der Waals surface area contributed by atoms with Crippen LogP contribution in [0.3, 0.4) is 0 Å². The van der Waals surface area contributed by atoms with E-state index >= 15 is 0 Å². The highest BCUT2D eigenvalue weighted by atomic mass is 19.4. The number of benzene rings is 2. The first kappa shape index (κ1) is 20.8. The van der Waals surface area contributed by atoms with E-state index in [0.717, 1.165) is 55.4 Å². The molecule has 0 bridgehead atoms. The highest BCUT2D eigenvalue weighted by molar-refractivity contribution is 5.96. The summed E-state index contributed by atoms with van der Waals surface area (Å²) in [6.07, 6.45) is 0.425. The zero-order valence-electron chi connectivity index (χ0n) is 17.2. The summed E-state index contributed by atoms with van der Waals surface area (Å²) in [4.78, 5) is 13.0. The van der Waals surface area contributed by atoms with Gasteiger partial charge < -0.3 is 10.1 Å². The van der Waals surface area contributed by atoms with Crippen molar-refractivity contribution < 1.29 is 22.7 Å². The van der Waals surface area contributed by atoms with E-state index in [9.17, 15) is 18.0 Å². The van der Waals surface area contributed by atoms with Crippen molar-refractivity contribution in [3.8, 4) is 5.75 Å². The van der Waals surface area contributed by atoms with Crippen LogP contribution in [0.25, 0.3) is 0 Å². The van der Waals surface area contributed by atoms with Crippen LogP contribution in [0, 0.1) is 6.92 Å². The molecular formula is C24H26F3NO2. The molecule has 2 aromatic rings. The van der Waals surface area contributed by atoms with Gasteiger partial charge in [-0.2, -0.15) is 13.2 Å². The van der Waals surface area contributed by atoms with Gasteiger partial charge >= 0.3 is 6.18 Å². The van der Waals surface area contributed by atoms with Crippen molar-refractivity contribution in [3.05, 3.63) is 58.7 Å². The molecule has 1 N–H and O–H groups in total. The standard InChI is InChI=1S/C24H26F3NO2/c1-15-6-8-18(9-7-15)28-22(29)16(2)19-12-17(24(25,26)27)13-20-21(19)23(14-30-20)10-4-3-5-11-23/h6-9,12-13,16H,3-5,10-11,14H2,1-2H3,(H,28,29). The number of carbonyl (C=O) groups excluding carboxylic acids is 1. The fourth-order valence-corrected chi connectivity index (χ4v) is 4.76. The predicted molar refractivity (Wildman–Crippen MR) is 110 cm³/mol. The fourth-order valence-electron chi connectivity index (χ4n) is 4.76. The Labute approximate surface area is 174 Å². The number of halogens is 3. The predicted octanol–water partition coefficient (Wildman–Crippen LogP) is 6.35. The average molecular weight is 417 g/mol. The molecule has 1 unspecified atom stereocenters. The second-order valence-corrected chi connectivity index (χ2v) is 8.64. The van der Waals surface area contributed by atoms with E-state index in [2.05, 4.69) is 5.32 Å². The topological polar surface area (TPSA) is 38.3 Å². The van der Waals surface area contributed by atoms with Crippen LogP contribution in [-0.2, 0) is 16.4 Å². The van der Waals surface area contributed by atoms with Gasteiger partial charge in [0.2, 0.25) is 5.91 Å². The molecule has 2 aliphatic rings. The monoisotopic (exact) mass is 417 g/mol. The van der Waals surface area contributed by atoms with E-state index in [1.54, 1.807) is 19.1 Å². The molecular weight excluding hydrogens is 391 g/mol. The minimum absolute atomic E-state index is 0.286. The summed E-state index contributed by atoms with van der Waals surface area (Å²) in [6, 6.07) is 9.61. The van der Waals surface area contributed by atoms with Gasteiger partial charge in [-0.05, 0) is 56.5 Å². The third-order valence-electron chi connectivity index (χ3n) is 6.48. The van der Waals surface area contributed by atoms with Crippen LogP contribution < -0.4 is 10.1 Å². The van der Waals surface area contributed by atoms with E-state index in [1.807, 2.05) is 19.1 Å². The van der Waals surface area contributed by atoms with Crippen LogP contribution in [0.5, 0.6) is 5.75 Å². The highest BCUT2D eigenvalue weighted by Gasteiger charge is 2.46. The second-order valence-electron chi connectivity index (χ2n) is 8.64. The summed E-state index contributed by atoms with van der Waals surface area (Å²) in [5, 5.41) is 2.85. The van der Waals surface area contributed by atoms with E-state index in [1.165, 1.54) is 0 Å². The largest absolute Gasteiger partial charge is 0.492 e. The number of fused-ring (bicyclic) bond motifs is 2. The molecule has 3 nitrogen and oxygen atoms in total. The van der Waals surface area contributed by atoms with E-state index < -0.39 is 17.7 Å². The maximum Gasteiger partial charge on any atom is 0.416 e. The number of anilines is 1. The van der Waals surface area contributed by atoms with Gasteiger partial charge in [-0.15, -0.1) is 0 Å². The fraction of sp³-hybridized carbons (Fsp3) is 0.458. The average Bonchev–Trinajstić information content (AvgIpc) is 3.06. The van der Waals surface area contributed by atoms with Crippen molar-refractivity contribution in [2.45, 2.75) is 63.5 Å². The normalized spacial score (nSPS) is 18.6. The summed E-state index contributed by atoms with van der Waals surface area (Å²) in [5.41, 5.74) is 1.88. The minimum Gasteiger partial charge on any atom is -0.492 e. The van der Waals surface area contributed by atoms with Crippen molar-refractivity contribution in [1.29, 1.82) is 0 Å². The summed E-state index contributed by atoms with van der Waals surface area (Å²) in [6.45, 7) is 4.01. The number of ether oxygens (including phenoxy) is 1. The Morgan fingerprint density at radius 2 is 1.77 bits per heavy atom. The highest BCUT2D eigenvalue weighted by Crippen LogP contribution is 2.52. The lowest BCUT2D eigenvalue weighted by Crippen LogP contribution is -2.32. The number of hydrogen-bond donors (Lipinski definition) is 1. The van der Waals surface area contributed by atoms with Gasteiger partial charge in [0.15, 0.2) is 0 Å². The Hall–Kier alpha value is -2.50. The van der Waals surface area contributed by atoms with Crippen molar-refractivity contribution in [2.75, 3.05) is 11.9 Å². The third-order valence-corrected chi connectivity index (χ3v) is 6.48. The van der Waals surface area contributed by atoms with Crippen LogP contribution in [0.15, 0.2) is 36.4 Å². The summed E-state index contributed by atoms with van der Waals surface area (Å²) < 4.78 is 46.5. The molecule has 30 heavy (non-hydrogen) atoms. The molecule has 2 aromatic carbocycles. The van der Waals surface area contributed by atoms with Gasteiger partial charge in [0.1, 0.15) is 5.75 Å². The first-order valence-electron chi connectivity index (χ1n) is 10.5. The molecule has 0 radical (unpaired) electrons. The minimum atomic E-state index is -4.50. The maximum atomic E-state index is 13.6. The molecule has 4 rings (SSSR count). The third kappa shape index (κ3) is 3.80. The summed E-state index contributed by atoms with van der Waals surface area (Å²) in [7, 11) is 0. The van der Waals surface area contributed by atoms with Gasteiger partial charge in [0, 0.05) is 16.7 Å². The lowest BCUT2D eigenvalue weighted by Gasteiger charge is -2.34. The molecule has 1 saturated carbocycles. The number of carbonyl (C=O) groups is 1. The molecule has 6 heteroatoms. The van der Waals surface area contributed by atoms with Crippen LogP contribution in [0.1, 0.15) is 67.2 Å². The molecule has 1 fully saturated rings. The zero-order valence-corrected chi connectivity index (χ0v) is 17.2. The second kappa shape index (κ2) is 7.64. The van der Waals surface area contributed by atoms with Gasteiger partial charge in [-0.3, -0.25) is 4.79 Å². The molecule has 0 saturated heterocycles. The van der Waals surface area contributed by atoms with Crippen LogP contribution in [0.2, 0.25) is 0 Å². The summed E-state index contributed by atoms with van der Waals surface area (Å²) in [5.74, 6) is -0.766. The molecule has 1 spiro atoms. The summed E-state index contributed by atoms with van der Waals surface area (Å²) >= 11 is 0.